The standard InChI is InChI=1S/C49H29N5S/c1-3-14-30(15-4-1)44-34-19-8-10-22-39(34)52-48(53-44)31-28-38-46(51-29-31)45-37(21-13-27-50-45)49(38)35-20-9-7-18-33(35)43-36(49)25-26-41-47(43)55-42-24-12-11-23-40(42)54(41)32-16-5-2-6-17-32/h1-29H. The second kappa shape index (κ2) is 11.6. The van der Waals surface area contributed by atoms with Crippen LogP contribution in [0.3, 0.4) is 0 Å². The molecule has 0 radical (unpaired) electrons. The highest BCUT2D eigenvalue weighted by atomic mass is 32.2. The third kappa shape index (κ3) is 4.20. The first-order valence-electron chi connectivity index (χ1n) is 18.5. The normalized spacial score (nSPS) is 15.6. The van der Waals surface area contributed by atoms with Crippen molar-refractivity contribution in [3.8, 4) is 45.2 Å². The maximum absolute atomic E-state index is 5.26. The predicted octanol–water partition coefficient (Wildman–Crippen LogP) is 12.0. The predicted molar refractivity (Wildman–Crippen MR) is 221 cm³/mol. The molecule has 1 unspecified atom stereocenters. The van der Waals surface area contributed by atoms with Crippen LogP contribution < -0.4 is 4.90 Å². The fraction of sp³-hybridized carbons (Fsp3) is 0.0204. The molecular formula is C49H29N5S. The van der Waals surface area contributed by atoms with E-state index in [-0.39, 0.29) is 0 Å². The van der Waals surface area contributed by atoms with Gasteiger partial charge in [0.25, 0.3) is 0 Å². The van der Waals surface area contributed by atoms with E-state index in [4.69, 9.17) is 19.9 Å². The van der Waals surface area contributed by atoms with Gasteiger partial charge < -0.3 is 4.90 Å². The Kier molecular flexibility index (Phi) is 6.42. The number of hydrogen-bond acceptors (Lipinski definition) is 6. The first-order valence-corrected chi connectivity index (χ1v) is 19.3. The fourth-order valence-corrected chi connectivity index (χ4v) is 10.3. The minimum atomic E-state index is -0.642. The summed E-state index contributed by atoms with van der Waals surface area (Å²) in [5.41, 5.74) is 15.6. The molecule has 0 saturated carbocycles. The zero-order valence-corrected chi connectivity index (χ0v) is 30.2. The minimum Gasteiger partial charge on any atom is -0.308 e. The number of hydrogen-bond donors (Lipinski definition) is 0. The van der Waals surface area contributed by atoms with Gasteiger partial charge in [-0.1, -0.05) is 127 Å². The Bertz CT molecular complexity index is 3040. The highest BCUT2D eigenvalue weighted by molar-refractivity contribution is 8.00. The van der Waals surface area contributed by atoms with Crippen LogP contribution in [-0.4, -0.2) is 19.9 Å². The molecule has 256 valence electrons. The fourth-order valence-electron chi connectivity index (χ4n) is 9.13. The molecule has 1 atom stereocenters. The molecule has 4 heterocycles. The van der Waals surface area contributed by atoms with Crippen LogP contribution in [0.4, 0.5) is 17.1 Å². The molecular weight excluding hydrogens is 691 g/mol. The Morgan fingerprint density at radius 2 is 1.25 bits per heavy atom. The van der Waals surface area contributed by atoms with Crippen molar-refractivity contribution in [2.75, 3.05) is 4.90 Å². The zero-order chi connectivity index (χ0) is 36.1. The lowest BCUT2D eigenvalue weighted by Gasteiger charge is -2.35. The summed E-state index contributed by atoms with van der Waals surface area (Å²) in [4.78, 5) is 25.6. The average Bonchev–Trinajstić information content (AvgIpc) is 3.73. The molecule has 55 heavy (non-hydrogen) atoms. The zero-order valence-electron chi connectivity index (χ0n) is 29.4. The Balaban J connectivity index is 1.13. The second-order valence-corrected chi connectivity index (χ2v) is 15.2. The van der Waals surface area contributed by atoms with Gasteiger partial charge in [0.05, 0.1) is 39.4 Å². The molecule has 1 aliphatic heterocycles. The van der Waals surface area contributed by atoms with Gasteiger partial charge in [0.15, 0.2) is 5.82 Å². The molecule has 6 heteroatoms. The summed E-state index contributed by atoms with van der Waals surface area (Å²) in [5.74, 6) is 0.648. The third-order valence-electron chi connectivity index (χ3n) is 11.4. The summed E-state index contributed by atoms with van der Waals surface area (Å²) in [7, 11) is 0. The summed E-state index contributed by atoms with van der Waals surface area (Å²) in [6.45, 7) is 0. The van der Waals surface area contributed by atoms with Crippen molar-refractivity contribution in [3.63, 3.8) is 0 Å². The van der Waals surface area contributed by atoms with Crippen LogP contribution in [-0.2, 0) is 5.41 Å². The maximum Gasteiger partial charge on any atom is 0.161 e. The molecule has 6 aromatic carbocycles. The number of benzene rings is 6. The largest absolute Gasteiger partial charge is 0.308 e. The first kappa shape index (κ1) is 30.6. The van der Waals surface area contributed by atoms with Gasteiger partial charge in [-0.15, -0.1) is 0 Å². The van der Waals surface area contributed by atoms with E-state index in [0.29, 0.717) is 5.82 Å². The molecule has 3 aliphatic rings. The van der Waals surface area contributed by atoms with Crippen LogP contribution in [0.15, 0.2) is 186 Å². The van der Waals surface area contributed by atoms with E-state index in [0.717, 1.165) is 55.9 Å². The van der Waals surface area contributed by atoms with Crippen LogP contribution in [0.2, 0.25) is 0 Å². The highest BCUT2D eigenvalue weighted by Gasteiger charge is 2.54. The topological polar surface area (TPSA) is 54.8 Å². The molecule has 2 aliphatic carbocycles. The second-order valence-electron chi connectivity index (χ2n) is 14.2. The third-order valence-corrected chi connectivity index (χ3v) is 12.5. The summed E-state index contributed by atoms with van der Waals surface area (Å²) >= 11 is 1.86. The Morgan fingerprint density at radius 1 is 0.509 bits per heavy atom. The molecule has 0 saturated heterocycles. The summed E-state index contributed by atoms with van der Waals surface area (Å²) < 4.78 is 0. The van der Waals surface area contributed by atoms with Gasteiger partial charge in [-0.25, -0.2) is 9.97 Å². The number of nitrogens with zero attached hydrogens (tertiary/aromatic N) is 5. The van der Waals surface area contributed by atoms with Crippen LogP contribution >= 0.6 is 11.8 Å². The van der Waals surface area contributed by atoms with Crippen LogP contribution in [0.25, 0.3) is 56.1 Å². The van der Waals surface area contributed by atoms with Gasteiger partial charge in [-0.2, -0.15) is 0 Å². The van der Waals surface area contributed by atoms with Crippen molar-refractivity contribution >= 4 is 39.7 Å². The molecule has 12 rings (SSSR count). The van der Waals surface area contributed by atoms with Crippen molar-refractivity contribution in [1.82, 2.24) is 19.9 Å². The number of anilines is 3. The van der Waals surface area contributed by atoms with Gasteiger partial charge in [0.2, 0.25) is 0 Å². The Morgan fingerprint density at radius 3 is 2.16 bits per heavy atom. The van der Waals surface area contributed by atoms with Crippen LogP contribution in [0.5, 0.6) is 0 Å². The number of para-hydroxylation sites is 3. The van der Waals surface area contributed by atoms with Gasteiger partial charge in [0.1, 0.15) is 0 Å². The van der Waals surface area contributed by atoms with Crippen molar-refractivity contribution in [1.29, 1.82) is 0 Å². The number of aromatic nitrogens is 4. The summed E-state index contributed by atoms with van der Waals surface area (Å²) in [6.07, 6.45) is 3.81. The molecule has 0 bridgehead atoms. The van der Waals surface area contributed by atoms with Gasteiger partial charge in [-0.3, -0.25) is 9.97 Å². The Labute approximate surface area is 322 Å². The van der Waals surface area contributed by atoms with E-state index < -0.39 is 5.41 Å². The van der Waals surface area contributed by atoms with Gasteiger partial charge in [0, 0.05) is 55.5 Å². The molecule has 5 nitrogen and oxygen atoms in total. The van der Waals surface area contributed by atoms with E-state index in [1.165, 1.54) is 43.4 Å². The molecule has 1 spiro atoms. The monoisotopic (exact) mass is 719 g/mol. The molecule has 0 fully saturated rings. The lowest BCUT2D eigenvalue weighted by Crippen LogP contribution is -2.26. The molecule has 0 amide bonds. The highest BCUT2D eigenvalue weighted by Crippen LogP contribution is 2.66. The molecule has 0 N–H and O–H groups in total. The van der Waals surface area contributed by atoms with Crippen molar-refractivity contribution in [2.45, 2.75) is 15.2 Å². The lowest BCUT2D eigenvalue weighted by molar-refractivity contribution is 0.788. The summed E-state index contributed by atoms with van der Waals surface area (Å²) in [5, 5.41) is 1.02. The van der Waals surface area contributed by atoms with Gasteiger partial charge >= 0.3 is 0 Å². The van der Waals surface area contributed by atoms with E-state index >= 15 is 0 Å². The molecule has 9 aromatic rings. The maximum atomic E-state index is 5.26. The number of fused-ring (bicyclic) bond motifs is 14. The smallest absolute Gasteiger partial charge is 0.161 e. The van der Waals surface area contributed by atoms with E-state index in [9.17, 15) is 0 Å². The lowest BCUT2D eigenvalue weighted by atomic mass is 9.71. The average molecular weight is 720 g/mol. The van der Waals surface area contributed by atoms with Crippen LogP contribution in [0.1, 0.15) is 22.3 Å². The SMILES string of the molecule is c1ccc(-c2nc(-c3cnc4c(c3)C3(c5ccccc5-c5c3ccc3c5Sc5ccccc5N3c3ccccc3)c3cccnc3-4)nc3ccccc23)cc1. The minimum absolute atomic E-state index is 0.642. The van der Waals surface area contributed by atoms with E-state index in [1.54, 1.807) is 0 Å². The first-order chi connectivity index (χ1) is 27.3. The van der Waals surface area contributed by atoms with Crippen molar-refractivity contribution in [3.05, 3.63) is 198 Å². The van der Waals surface area contributed by atoms with Crippen molar-refractivity contribution < 1.29 is 0 Å². The number of rotatable bonds is 3. The molecule has 3 aromatic heterocycles. The van der Waals surface area contributed by atoms with E-state index in [2.05, 4.69) is 150 Å². The quantitative estimate of drug-likeness (QED) is 0.181. The Hall–Kier alpha value is -6.89. The van der Waals surface area contributed by atoms with Crippen LogP contribution in [0, 0.1) is 0 Å². The van der Waals surface area contributed by atoms with E-state index in [1.807, 2.05) is 42.4 Å². The van der Waals surface area contributed by atoms with Crippen molar-refractivity contribution in [2.24, 2.45) is 0 Å². The summed E-state index contributed by atoms with van der Waals surface area (Å²) in [6, 6.07) is 58.2. The van der Waals surface area contributed by atoms with Gasteiger partial charge in [-0.05, 0) is 70.8 Å². The number of pyridine rings is 2.